The smallest absolute Gasteiger partial charge is 0.373 e. The second-order valence-corrected chi connectivity index (χ2v) is 35.8. The summed E-state index contributed by atoms with van der Waals surface area (Å²) in [6, 6.07) is 77.1. The summed E-state index contributed by atoms with van der Waals surface area (Å²) < 4.78 is 106. The van der Waals surface area contributed by atoms with Crippen LogP contribution >= 0.6 is 107 Å². The van der Waals surface area contributed by atoms with E-state index in [-0.39, 0.29) is 256 Å². The van der Waals surface area contributed by atoms with E-state index in [4.69, 9.17) is 40.0 Å². The van der Waals surface area contributed by atoms with Crippen LogP contribution in [0.5, 0.6) is 34.5 Å². The van der Waals surface area contributed by atoms with Gasteiger partial charge in [0.05, 0.1) is 34.1 Å². The molecule has 149 heavy (non-hydrogen) atoms. The number of aromatic nitrogens is 24. The van der Waals surface area contributed by atoms with Crippen molar-refractivity contribution in [2.45, 2.75) is 79.9 Å². The van der Waals surface area contributed by atoms with Gasteiger partial charge in [0, 0.05) is 339 Å². The molecule has 6 aromatic heterocycles. The number of benzene rings is 12. The third-order valence-electron chi connectivity index (χ3n) is 20.7. The molecule has 0 N–H and O–H groups in total. The fourth-order valence-electron chi connectivity index (χ4n) is 13.1. The first-order valence-electron chi connectivity index (χ1n) is 42.3. The topological polar surface area (TPSA) is 372 Å². The number of hydrogen-bond acceptors (Lipinski definition) is 24. The van der Waals surface area contributed by atoms with Crippen LogP contribution in [0.1, 0.15) is 68.1 Å². The second-order valence-electron chi connectivity index (χ2n) is 30.3. The first kappa shape index (κ1) is 128. The summed E-state index contributed by atoms with van der Waals surface area (Å²) in [7, 11) is 9.18. The standard InChI is InChI=1S/2C17H16BrN4O2.C16H11BrF3N4O2.C16H14BrN4O2.C15H11BrClN4O2.C15H11BrFN4O2.6Y/c1-11-7-8-12(2)16(9-11)24-10-13-14(18)5-4-6-15(13)22-17(23)21(3)19-20-22;1-3-12-7-4-5-10-16(12)24-11-13-14(18)8-6-9-15(13)22-17(23)21(2)19-20-22;1-23-15(25)24(22-21-23)13-7-4-6-12(17)10(13)9-26-14-8-3-2-5-11(14)16(18,19)20;1-11-6-3-4-9-15(11)23-10-12-13(17)7-5-8-14(12)21-16(22)20(2)18-19-21;2*1-20-15(22)21(19-18-20)13-7-4-5-11(16)10(13)9-23-14-8-3-2-6-12(14)17;;;;;;/h4-6,8-9H,10H2,1-3H3;5-10H,3,11H2,1-2H3;3-8H,9H2,1H3;4-9H,10H2,1-2H3;2*3-8H,9H2,1H3;;;;;;/q6*-1;;;;;;. The fraction of sp³-hybridized carbons (Fsp3) is 0.188. The van der Waals surface area contributed by atoms with Crippen LogP contribution in [-0.2, 0) is 291 Å². The van der Waals surface area contributed by atoms with Crippen LogP contribution in [0.25, 0.3) is 34.1 Å². The van der Waals surface area contributed by atoms with E-state index in [9.17, 15) is 46.3 Å². The van der Waals surface area contributed by atoms with Crippen LogP contribution in [0, 0.1) is 63.0 Å². The minimum atomic E-state index is -4.56. The van der Waals surface area contributed by atoms with Crippen LogP contribution in [-0.4, -0.2) is 119 Å². The van der Waals surface area contributed by atoms with Gasteiger partial charge in [-0.15, -0.1) is 59.2 Å². The Bertz CT molecular complexity index is 7630. The van der Waals surface area contributed by atoms with Crippen LogP contribution in [0.3, 0.4) is 0 Å². The summed E-state index contributed by atoms with van der Waals surface area (Å²) in [5, 5.41) is 46.0. The molecule has 0 aliphatic heterocycles. The first-order valence-corrected chi connectivity index (χ1v) is 47.4. The molecule has 18 rings (SSSR count). The molecule has 6 radical (unpaired) electrons. The second kappa shape index (κ2) is 60.9. The van der Waals surface area contributed by atoms with Gasteiger partial charge in [-0.2, -0.15) is 184 Å². The molecular weight excluding hydrogens is 2810 g/mol. The van der Waals surface area contributed by atoms with E-state index in [1.807, 2.05) is 130 Å². The Kier molecular flexibility index (Phi) is 52.3. The summed E-state index contributed by atoms with van der Waals surface area (Å²) >= 11 is 26.9. The van der Waals surface area contributed by atoms with Gasteiger partial charge in [-0.05, 0) is 146 Å². The van der Waals surface area contributed by atoms with Gasteiger partial charge in [0.15, 0.2) is 0 Å². The van der Waals surface area contributed by atoms with Gasteiger partial charge in [0.2, 0.25) is 0 Å². The van der Waals surface area contributed by atoms with Gasteiger partial charge >= 0.3 is 40.3 Å². The quantitative estimate of drug-likeness (QED) is 0.0379. The van der Waals surface area contributed by atoms with E-state index in [1.165, 1.54) is 75.8 Å². The predicted molar refractivity (Wildman–Crippen MR) is 537 cm³/mol. The van der Waals surface area contributed by atoms with Crippen molar-refractivity contribution in [1.29, 1.82) is 0 Å². The first-order chi connectivity index (χ1) is 68.6. The Morgan fingerprint density at radius 1 is 0.315 bits per heavy atom. The van der Waals surface area contributed by atoms with Crippen molar-refractivity contribution in [1.82, 2.24) is 119 Å². The maximum atomic E-state index is 13.6. The normalized spacial score (nSPS) is 10.5. The Hall–Kier alpha value is -7.83. The van der Waals surface area contributed by atoms with E-state index >= 15 is 0 Å². The number of hydrogen-bond donors (Lipinski definition) is 0. The number of halogens is 11. The van der Waals surface area contributed by atoms with Crippen LogP contribution < -0.4 is 62.6 Å². The van der Waals surface area contributed by atoms with Gasteiger partial charge in [-0.3, -0.25) is 4.39 Å². The molecule has 0 atom stereocenters. The molecule has 756 valence electrons. The molecule has 0 saturated heterocycles. The van der Waals surface area contributed by atoms with E-state index in [1.54, 1.807) is 101 Å². The van der Waals surface area contributed by atoms with Gasteiger partial charge in [0.1, 0.15) is 39.6 Å². The Labute approximate surface area is 1050 Å². The molecule has 6 heterocycles. The number of aryl methyl sites for hydroxylation is 10. The maximum absolute atomic E-state index is 13.6. The Morgan fingerprint density at radius 3 is 0.872 bits per heavy atom. The average molecular weight is 2890 g/mol. The average Bonchev–Trinajstić information content (AvgIpc) is 1.79. The molecule has 53 heteroatoms. The summed E-state index contributed by atoms with van der Waals surface area (Å²) in [6.07, 6.45) is -3.70. The molecule has 0 aliphatic carbocycles. The molecule has 0 fully saturated rings. The molecule has 0 amide bonds. The predicted octanol–water partition coefficient (Wildman–Crippen LogP) is 15.9. The van der Waals surface area contributed by atoms with Crippen molar-refractivity contribution in [3.63, 3.8) is 0 Å². The van der Waals surface area contributed by atoms with Gasteiger partial charge in [-0.1, -0.05) is 166 Å². The van der Waals surface area contributed by atoms with Gasteiger partial charge in [0.25, 0.3) is 0 Å². The number of nitrogens with zero attached hydrogens (tertiary/aromatic N) is 24. The Morgan fingerprint density at radius 2 is 0.570 bits per heavy atom. The fourth-order valence-corrected chi connectivity index (χ4v) is 16.1. The third-order valence-corrected chi connectivity index (χ3v) is 25.5. The maximum Gasteiger partial charge on any atom is 0.373 e. The molecule has 0 bridgehead atoms. The minimum absolute atomic E-state index is 0. The van der Waals surface area contributed by atoms with Crippen molar-refractivity contribution in [2.24, 2.45) is 42.3 Å². The van der Waals surface area contributed by atoms with Crippen molar-refractivity contribution < 1.29 is 242 Å². The molecule has 0 aliphatic rings. The molecule has 18 aromatic rings. The summed E-state index contributed by atoms with van der Waals surface area (Å²) in [5.41, 5.74) is 8.76. The van der Waals surface area contributed by atoms with Crippen molar-refractivity contribution in [3.8, 4) is 68.6 Å². The minimum Gasteiger partial charge on any atom is -0.514 e. The van der Waals surface area contributed by atoms with E-state index in [2.05, 4.69) is 201 Å². The zero-order valence-corrected chi connectivity index (χ0v) is 108. The van der Waals surface area contributed by atoms with Crippen LogP contribution in [0.15, 0.2) is 268 Å². The summed E-state index contributed by atoms with van der Waals surface area (Å²) in [5.74, 6) is 2.19. The zero-order valence-electron chi connectivity index (χ0n) is 80.4. The summed E-state index contributed by atoms with van der Waals surface area (Å²) in [4.78, 5) is 72.6. The largest absolute Gasteiger partial charge is 0.514 e. The number of rotatable bonds is 25. The van der Waals surface area contributed by atoms with E-state index in [0.29, 0.717) is 80.3 Å². The van der Waals surface area contributed by atoms with E-state index < -0.39 is 23.2 Å². The van der Waals surface area contributed by atoms with E-state index in [0.717, 1.165) is 115 Å². The SMILES string of the molecule is CCc1c[c-]ccc1OCc1c(Br)cccc1-n1nnn(C)c1=O.Cc1[c-]cc(C)c(OCc2c(Br)cccc2-n2nnn(C)c2=O)c1.Cc1c[c-]ccc1OCc1c(Br)cccc1-n1nnn(C)c1=O.Cn1nnn(-c2cccc(Br)c2COc2cc[c-]cc2C(F)(F)F)c1=O.Cn1nnn(-c2cccc(Br)c2COc2cc[c-]cc2Cl)c1=O.Cn1nnn(-c2cccc(Br)c2COc2cc[c-]cc2F)c1=O.[Y].[Y].[Y].[Y].[Y].[Y]. The zero-order chi connectivity index (χ0) is 102. The van der Waals surface area contributed by atoms with Crippen LogP contribution in [0.2, 0.25) is 5.02 Å². The molecule has 0 unspecified atom stereocenters. The monoisotopic (exact) mass is 2880 g/mol. The van der Waals surface area contributed by atoms with Crippen molar-refractivity contribution in [2.75, 3.05) is 0 Å². The molecule has 0 saturated carbocycles. The van der Waals surface area contributed by atoms with Crippen LogP contribution in [0.4, 0.5) is 17.6 Å². The van der Waals surface area contributed by atoms with Gasteiger partial charge in [-0.25, -0.2) is 28.8 Å². The number of tetrazole rings is 6. The number of ether oxygens (including phenoxy) is 6. The molecule has 12 aromatic carbocycles. The number of alkyl halides is 3. The molecule has 36 nitrogen and oxygen atoms in total. The van der Waals surface area contributed by atoms with Crippen molar-refractivity contribution >= 4 is 107 Å². The summed E-state index contributed by atoms with van der Waals surface area (Å²) in [6.45, 7) is 8.91. The molecule has 0 spiro atoms. The van der Waals surface area contributed by atoms with Crippen molar-refractivity contribution in [3.05, 3.63) is 411 Å². The third kappa shape index (κ3) is 33.1. The molecular formula is C96H79Br6ClF4N24O12Y6-6. The Balaban J connectivity index is 0.000000240. The van der Waals surface area contributed by atoms with Gasteiger partial charge < -0.3 is 28.4 Å².